The second-order valence-electron chi connectivity index (χ2n) is 7.94. The molecule has 0 unspecified atom stereocenters. The third-order valence-electron chi connectivity index (χ3n) is 5.61. The summed E-state index contributed by atoms with van der Waals surface area (Å²) in [6.45, 7) is 2.01. The summed E-state index contributed by atoms with van der Waals surface area (Å²) < 4.78 is 61.6. The van der Waals surface area contributed by atoms with Crippen LogP contribution in [0.3, 0.4) is 0 Å². The molecule has 0 saturated carbocycles. The number of halogens is 4. The summed E-state index contributed by atoms with van der Waals surface area (Å²) in [7, 11) is 1.48. The van der Waals surface area contributed by atoms with Gasteiger partial charge in [-0.15, -0.1) is 0 Å². The Balaban J connectivity index is 1.65. The van der Waals surface area contributed by atoms with E-state index in [0.29, 0.717) is 16.9 Å². The average molecular weight is 462 g/mol. The zero-order chi connectivity index (χ0) is 24.3. The Kier molecular flexibility index (Phi) is 6.55. The highest BCUT2D eigenvalue weighted by atomic mass is 19.4. The Hall–Kier alpha value is -3.86. The van der Waals surface area contributed by atoms with Gasteiger partial charge in [-0.1, -0.05) is 90.5 Å². The molecule has 0 saturated heterocycles. The lowest BCUT2D eigenvalue weighted by molar-refractivity contribution is -0.140. The van der Waals surface area contributed by atoms with Gasteiger partial charge in [0.25, 0.3) is 0 Å². The lowest BCUT2D eigenvalue weighted by atomic mass is 9.96. The van der Waals surface area contributed by atoms with Crippen LogP contribution in [0.4, 0.5) is 17.6 Å². The van der Waals surface area contributed by atoms with E-state index in [-0.39, 0.29) is 11.1 Å². The van der Waals surface area contributed by atoms with Crippen molar-refractivity contribution >= 4 is 12.2 Å². The van der Waals surface area contributed by atoms with Gasteiger partial charge in [-0.25, -0.2) is 4.39 Å². The summed E-state index contributed by atoms with van der Waals surface area (Å²) in [6, 6.07) is 24.4. The van der Waals surface area contributed by atoms with Crippen molar-refractivity contribution in [2.45, 2.75) is 13.1 Å². The highest BCUT2D eigenvalue weighted by Gasteiger charge is 2.37. The fraction of sp³-hybridized carbons (Fsp3) is 0.103. The molecule has 4 rings (SSSR count). The smallest absolute Gasteiger partial charge is 0.419 e. The van der Waals surface area contributed by atoms with Gasteiger partial charge in [0.15, 0.2) is 0 Å². The Labute approximate surface area is 196 Å². The number of methoxy groups -OCH3 is 1. The molecule has 0 spiro atoms. The summed E-state index contributed by atoms with van der Waals surface area (Å²) >= 11 is 0. The number of hydrogen-bond donors (Lipinski definition) is 0. The number of rotatable bonds is 5. The second kappa shape index (κ2) is 9.56. The first-order valence-electron chi connectivity index (χ1n) is 10.7. The van der Waals surface area contributed by atoms with Crippen LogP contribution < -0.4 is 4.74 Å². The highest BCUT2D eigenvalue weighted by molar-refractivity contribution is 5.76. The van der Waals surface area contributed by atoms with Gasteiger partial charge in [0.1, 0.15) is 11.6 Å². The van der Waals surface area contributed by atoms with E-state index in [4.69, 9.17) is 4.74 Å². The van der Waals surface area contributed by atoms with E-state index in [0.717, 1.165) is 16.7 Å². The molecule has 0 aliphatic heterocycles. The Morgan fingerprint density at radius 2 is 1.24 bits per heavy atom. The zero-order valence-corrected chi connectivity index (χ0v) is 18.7. The van der Waals surface area contributed by atoms with Crippen LogP contribution in [0.1, 0.15) is 22.3 Å². The monoisotopic (exact) mass is 462 g/mol. The molecule has 5 heteroatoms. The van der Waals surface area contributed by atoms with Crippen molar-refractivity contribution in [3.8, 4) is 28.0 Å². The van der Waals surface area contributed by atoms with Crippen LogP contribution in [-0.4, -0.2) is 7.11 Å². The summed E-state index contributed by atoms with van der Waals surface area (Å²) in [5.74, 6) is -0.761. The maximum Gasteiger partial charge on any atom is 0.419 e. The van der Waals surface area contributed by atoms with Crippen molar-refractivity contribution in [3.63, 3.8) is 0 Å². The number of aryl methyl sites for hydroxylation is 1. The minimum absolute atomic E-state index is 0.116. The van der Waals surface area contributed by atoms with Crippen LogP contribution in [0.15, 0.2) is 84.9 Å². The number of alkyl halides is 3. The molecule has 0 aromatic heterocycles. The SMILES string of the molecule is COc1ccc(-c2ccc(/C=C/c3ccc(-c4ccc(C)cc4)cc3)c(C(F)(F)F)c2F)cc1. The molecule has 4 aromatic rings. The van der Waals surface area contributed by atoms with Crippen molar-refractivity contribution in [3.05, 3.63) is 113 Å². The maximum absolute atomic E-state index is 15.1. The summed E-state index contributed by atoms with van der Waals surface area (Å²) in [4.78, 5) is 0. The molecule has 0 atom stereocenters. The van der Waals surface area contributed by atoms with E-state index in [9.17, 15) is 13.2 Å². The molecule has 0 fully saturated rings. The van der Waals surface area contributed by atoms with Crippen molar-refractivity contribution in [1.29, 1.82) is 0 Å². The molecule has 0 N–H and O–H groups in total. The predicted molar refractivity (Wildman–Crippen MR) is 129 cm³/mol. The number of hydrogen-bond acceptors (Lipinski definition) is 1. The fourth-order valence-corrected chi connectivity index (χ4v) is 3.73. The average Bonchev–Trinajstić information content (AvgIpc) is 2.83. The molecular formula is C29H22F4O. The van der Waals surface area contributed by atoms with E-state index in [1.807, 2.05) is 55.5 Å². The Bertz CT molecular complexity index is 1300. The van der Waals surface area contributed by atoms with Crippen molar-refractivity contribution in [1.82, 2.24) is 0 Å². The summed E-state index contributed by atoms with van der Waals surface area (Å²) in [5, 5.41) is 0. The van der Waals surface area contributed by atoms with Gasteiger partial charge in [-0.3, -0.25) is 0 Å². The van der Waals surface area contributed by atoms with Crippen molar-refractivity contribution in [2.75, 3.05) is 7.11 Å². The Morgan fingerprint density at radius 3 is 1.79 bits per heavy atom. The molecule has 1 nitrogen and oxygen atoms in total. The normalized spacial score (nSPS) is 11.7. The molecule has 172 valence electrons. The largest absolute Gasteiger partial charge is 0.497 e. The van der Waals surface area contributed by atoms with Gasteiger partial charge in [-0.2, -0.15) is 13.2 Å². The third-order valence-corrected chi connectivity index (χ3v) is 5.61. The van der Waals surface area contributed by atoms with Crippen LogP contribution in [0.2, 0.25) is 0 Å². The number of ether oxygens (including phenoxy) is 1. The minimum Gasteiger partial charge on any atom is -0.497 e. The zero-order valence-electron chi connectivity index (χ0n) is 18.7. The molecule has 34 heavy (non-hydrogen) atoms. The third kappa shape index (κ3) is 5.04. The van der Waals surface area contributed by atoms with Gasteiger partial charge in [0.05, 0.1) is 12.7 Å². The van der Waals surface area contributed by atoms with Crippen LogP contribution in [-0.2, 0) is 6.18 Å². The molecule has 0 bridgehead atoms. The molecule has 0 amide bonds. The first-order valence-corrected chi connectivity index (χ1v) is 10.7. The quantitative estimate of drug-likeness (QED) is 0.213. The lowest BCUT2D eigenvalue weighted by Gasteiger charge is -2.15. The molecule has 0 aliphatic carbocycles. The van der Waals surface area contributed by atoms with Crippen molar-refractivity contribution in [2.24, 2.45) is 0 Å². The first-order chi connectivity index (χ1) is 16.3. The predicted octanol–water partition coefficient (Wildman–Crippen LogP) is 8.67. The summed E-state index contributed by atoms with van der Waals surface area (Å²) in [5.41, 5.74) is 2.64. The molecule has 0 aliphatic rings. The maximum atomic E-state index is 15.1. The highest BCUT2D eigenvalue weighted by Crippen LogP contribution is 2.39. The number of benzene rings is 4. The Morgan fingerprint density at radius 1 is 0.676 bits per heavy atom. The van der Waals surface area contributed by atoms with Crippen LogP contribution in [0, 0.1) is 12.7 Å². The first kappa shape index (κ1) is 23.3. The van der Waals surface area contributed by atoms with Crippen molar-refractivity contribution < 1.29 is 22.3 Å². The van der Waals surface area contributed by atoms with Gasteiger partial charge in [0, 0.05) is 5.56 Å². The van der Waals surface area contributed by atoms with Gasteiger partial charge in [0.2, 0.25) is 0 Å². The molecule has 0 radical (unpaired) electrons. The second-order valence-corrected chi connectivity index (χ2v) is 7.94. The minimum atomic E-state index is -4.85. The summed E-state index contributed by atoms with van der Waals surface area (Å²) in [6.07, 6.45) is -2.00. The lowest BCUT2D eigenvalue weighted by Crippen LogP contribution is -2.11. The van der Waals surface area contributed by atoms with Gasteiger partial charge < -0.3 is 4.74 Å². The van der Waals surface area contributed by atoms with Crippen LogP contribution >= 0.6 is 0 Å². The standard InChI is InChI=1S/C29H22F4O/c1-19-3-8-21(9-4-19)22-10-5-20(6-11-22)7-12-24-15-18-26(28(30)27(24)29(31,32)33)23-13-16-25(34-2)17-14-23/h3-18H,1-2H3/b12-7+. The van der Waals surface area contributed by atoms with E-state index in [1.54, 1.807) is 18.2 Å². The van der Waals surface area contributed by atoms with Crippen LogP contribution in [0.5, 0.6) is 5.75 Å². The van der Waals surface area contributed by atoms with E-state index >= 15 is 4.39 Å². The van der Waals surface area contributed by atoms with E-state index in [2.05, 4.69) is 0 Å². The van der Waals surface area contributed by atoms with Gasteiger partial charge >= 0.3 is 6.18 Å². The topological polar surface area (TPSA) is 9.23 Å². The van der Waals surface area contributed by atoms with Crippen LogP contribution in [0.25, 0.3) is 34.4 Å². The fourth-order valence-electron chi connectivity index (χ4n) is 3.73. The van der Waals surface area contributed by atoms with Gasteiger partial charge in [-0.05, 0) is 46.9 Å². The molecular weight excluding hydrogens is 440 g/mol. The molecule has 0 heterocycles. The van der Waals surface area contributed by atoms with E-state index < -0.39 is 17.6 Å². The molecule has 4 aromatic carbocycles. The van der Waals surface area contributed by atoms with E-state index in [1.165, 1.54) is 37.5 Å².